The topological polar surface area (TPSA) is 119 Å². The van der Waals surface area contributed by atoms with Crippen LogP contribution in [0.25, 0.3) is 0 Å². The Balaban J connectivity index is 1.56. The molecule has 0 heterocycles. The molecule has 8 heteroatoms. The second-order valence-electron chi connectivity index (χ2n) is 8.69. The van der Waals surface area contributed by atoms with Crippen molar-refractivity contribution in [1.29, 1.82) is 0 Å². The van der Waals surface area contributed by atoms with Gasteiger partial charge < -0.3 is 15.7 Å². The number of hydroxylamine groups is 2. The number of amides is 1. The minimum Gasteiger partial charge on any atom is -0.505 e. The number of phenols is 1. The fourth-order valence-corrected chi connectivity index (χ4v) is 4.50. The number of aromatic hydroxyl groups is 1. The predicted molar refractivity (Wildman–Crippen MR) is 131 cm³/mol. The lowest BCUT2D eigenvalue weighted by Crippen LogP contribution is -2.39. The Morgan fingerprint density at radius 3 is 2.35 bits per heavy atom. The van der Waals surface area contributed by atoms with Gasteiger partial charge in [0.2, 0.25) is 0 Å². The summed E-state index contributed by atoms with van der Waals surface area (Å²) in [6.45, 7) is 1.97. The van der Waals surface area contributed by atoms with Crippen LogP contribution < -0.4 is 21.5 Å². The Morgan fingerprint density at radius 2 is 1.68 bits per heavy atom. The fraction of sp³-hybridized carbons (Fsp3) is 0.346. The average Bonchev–Trinajstić information content (AvgIpc) is 2.89. The molecule has 1 saturated carbocycles. The number of rotatable bonds is 8. The second-order valence-corrected chi connectivity index (χ2v) is 8.69. The van der Waals surface area contributed by atoms with Crippen LogP contribution in [0.2, 0.25) is 0 Å². The Hall–Kier alpha value is -3.65. The van der Waals surface area contributed by atoms with Gasteiger partial charge in [-0.1, -0.05) is 62.6 Å². The lowest BCUT2D eigenvalue weighted by atomic mass is 9.95. The third kappa shape index (κ3) is 4.54. The molecule has 34 heavy (non-hydrogen) atoms. The lowest BCUT2D eigenvalue weighted by molar-refractivity contribution is -0.0965. The van der Waals surface area contributed by atoms with E-state index in [1.54, 1.807) is 6.07 Å². The van der Waals surface area contributed by atoms with Gasteiger partial charge in [0.05, 0.1) is 23.3 Å². The Morgan fingerprint density at radius 1 is 1.00 bits per heavy atom. The van der Waals surface area contributed by atoms with Gasteiger partial charge in [-0.15, -0.1) is 0 Å². The minimum atomic E-state index is -0.702. The first-order valence-electron chi connectivity index (χ1n) is 11.7. The highest BCUT2D eigenvalue weighted by molar-refractivity contribution is 5.98. The zero-order valence-electron chi connectivity index (χ0n) is 19.1. The van der Waals surface area contributed by atoms with E-state index in [1.807, 2.05) is 37.3 Å². The fourth-order valence-electron chi connectivity index (χ4n) is 4.50. The van der Waals surface area contributed by atoms with Gasteiger partial charge in [-0.25, -0.2) is 5.06 Å². The standard InChI is InChI=1S/C26H29N3O5/c1-2-19(16-10-5-3-6-11-16)27-21-22(25(32)24(21)31)28-20-15-9-14-18(23(20)30)26(33)29(34)17-12-7-4-8-13-17/h3,5-6,9-11,14-15,17,19,27-28,30,34H,2,4,7-8,12-13H2,1H3/t19-/m1/s1. The largest absolute Gasteiger partial charge is 0.505 e. The van der Waals surface area contributed by atoms with Crippen LogP contribution in [0.15, 0.2) is 58.1 Å². The van der Waals surface area contributed by atoms with Crippen molar-refractivity contribution >= 4 is 23.0 Å². The highest BCUT2D eigenvalue weighted by Gasteiger charge is 2.29. The van der Waals surface area contributed by atoms with Crippen molar-refractivity contribution in [2.45, 2.75) is 57.5 Å². The molecule has 1 aliphatic carbocycles. The summed E-state index contributed by atoms with van der Waals surface area (Å²) < 4.78 is 0. The Labute approximate surface area is 197 Å². The molecule has 1 aliphatic rings. The van der Waals surface area contributed by atoms with E-state index in [0.29, 0.717) is 24.3 Å². The van der Waals surface area contributed by atoms with E-state index in [1.165, 1.54) is 12.1 Å². The third-order valence-electron chi connectivity index (χ3n) is 6.49. The number of para-hydroxylation sites is 1. The Bertz CT molecular complexity index is 1230. The Kier molecular flexibility index (Phi) is 6.98. The smallest absolute Gasteiger partial charge is 0.281 e. The van der Waals surface area contributed by atoms with Crippen molar-refractivity contribution in [2.75, 3.05) is 10.6 Å². The number of phenolic OH excluding ortho intramolecular Hbond substituents is 1. The maximum Gasteiger partial charge on any atom is 0.281 e. The van der Waals surface area contributed by atoms with Gasteiger partial charge in [-0.05, 0) is 37.0 Å². The third-order valence-corrected chi connectivity index (χ3v) is 6.49. The molecule has 4 N–H and O–H groups in total. The van der Waals surface area contributed by atoms with Crippen LogP contribution in [0.5, 0.6) is 5.75 Å². The molecule has 4 rings (SSSR count). The highest BCUT2D eigenvalue weighted by atomic mass is 16.5. The molecule has 0 radical (unpaired) electrons. The van der Waals surface area contributed by atoms with Gasteiger partial charge in [-0.2, -0.15) is 0 Å². The maximum atomic E-state index is 12.9. The van der Waals surface area contributed by atoms with Crippen LogP contribution in [0.4, 0.5) is 17.1 Å². The molecule has 0 aliphatic heterocycles. The molecule has 8 nitrogen and oxygen atoms in total. The molecule has 3 aromatic carbocycles. The molecular weight excluding hydrogens is 434 g/mol. The molecule has 0 saturated heterocycles. The van der Waals surface area contributed by atoms with Gasteiger partial charge >= 0.3 is 0 Å². The van der Waals surface area contributed by atoms with Crippen molar-refractivity contribution in [1.82, 2.24) is 5.06 Å². The van der Waals surface area contributed by atoms with Gasteiger partial charge in [0.1, 0.15) is 11.4 Å². The van der Waals surface area contributed by atoms with E-state index in [2.05, 4.69) is 10.6 Å². The summed E-state index contributed by atoms with van der Waals surface area (Å²) in [5, 5.41) is 27.9. The van der Waals surface area contributed by atoms with Crippen LogP contribution in [0.3, 0.4) is 0 Å². The minimum absolute atomic E-state index is 0.0346. The lowest BCUT2D eigenvalue weighted by Gasteiger charge is -2.29. The van der Waals surface area contributed by atoms with E-state index in [0.717, 1.165) is 24.8 Å². The molecule has 3 aromatic rings. The SMILES string of the molecule is CC[C@@H](Nc1c(Nc2cccc(C(=O)N(O)C3CCCCC3)c2O)c(=O)c1=O)c1ccccc1. The monoisotopic (exact) mass is 463 g/mol. The normalized spacial score (nSPS) is 15.1. The zero-order valence-corrected chi connectivity index (χ0v) is 19.1. The molecule has 1 atom stereocenters. The molecular formula is C26H29N3O5. The number of nitrogens with zero attached hydrogens (tertiary/aromatic N) is 1. The van der Waals surface area contributed by atoms with E-state index < -0.39 is 22.5 Å². The number of hydrogen-bond acceptors (Lipinski definition) is 7. The predicted octanol–water partition coefficient (Wildman–Crippen LogP) is 4.46. The number of carbonyl (C=O) groups is 1. The van der Waals surface area contributed by atoms with Crippen molar-refractivity contribution in [2.24, 2.45) is 0 Å². The first-order chi connectivity index (χ1) is 16.4. The summed E-state index contributed by atoms with van der Waals surface area (Å²) in [5.74, 6) is -1.09. The van der Waals surface area contributed by atoms with Crippen LogP contribution in [-0.4, -0.2) is 27.3 Å². The van der Waals surface area contributed by atoms with Crippen molar-refractivity contribution in [3.05, 3.63) is 80.1 Å². The second kappa shape index (κ2) is 10.1. The van der Waals surface area contributed by atoms with Crippen molar-refractivity contribution in [3.63, 3.8) is 0 Å². The number of nitrogens with one attached hydrogen (secondary N) is 2. The molecule has 1 amide bonds. The van der Waals surface area contributed by atoms with E-state index in [9.17, 15) is 24.7 Å². The molecule has 0 spiro atoms. The van der Waals surface area contributed by atoms with Gasteiger partial charge in [0, 0.05) is 0 Å². The quantitative estimate of drug-likeness (QED) is 0.169. The zero-order chi connectivity index (χ0) is 24.2. The van der Waals surface area contributed by atoms with Gasteiger partial charge in [0.15, 0.2) is 5.75 Å². The molecule has 0 unspecified atom stereocenters. The van der Waals surface area contributed by atoms with E-state index in [4.69, 9.17) is 0 Å². The van der Waals surface area contributed by atoms with Crippen LogP contribution in [0.1, 0.15) is 67.4 Å². The first-order valence-corrected chi connectivity index (χ1v) is 11.7. The van der Waals surface area contributed by atoms with Crippen molar-refractivity contribution in [3.8, 4) is 5.75 Å². The average molecular weight is 464 g/mol. The summed E-state index contributed by atoms with van der Waals surface area (Å²) in [4.78, 5) is 37.5. The molecule has 1 fully saturated rings. The summed E-state index contributed by atoms with van der Waals surface area (Å²) in [7, 11) is 0. The van der Waals surface area contributed by atoms with E-state index in [-0.39, 0.29) is 34.7 Å². The number of carbonyl (C=O) groups excluding carboxylic acids is 1. The summed E-state index contributed by atoms with van der Waals surface area (Å²) in [6, 6.07) is 13.6. The van der Waals surface area contributed by atoms with Crippen molar-refractivity contribution < 1.29 is 15.1 Å². The first kappa shape index (κ1) is 23.5. The van der Waals surface area contributed by atoms with Crippen LogP contribution in [0, 0.1) is 0 Å². The van der Waals surface area contributed by atoms with Crippen LogP contribution >= 0.6 is 0 Å². The number of anilines is 3. The molecule has 178 valence electrons. The van der Waals surface area contributed by atoms with Gasteiger partial charge in [-0.3, -0.25) is 19.6 Å². The van der Waals surface area contributed by atoms with E-state index >= 15 is 0 Å². The molecule has 0 bridgehead atoms. The number of hydrogen-bond donors (Lipinski definition) is 4. The summed E-state index contributed by atoms with van der Waals surface area (Å²) in [5.41, 5.74) is -0.164. The van der Waals surface area contributed by atoms with Crippen LogP contribution in [-0.2, 0) is 0 Å². The molecule has 0 aromatic heterocycles. The maximum absolute atomic E-state index is 12.9. The highest BCUT2D eigenvalue weighted by Crippen LogP contribution is 2.34. The number of benzene rings is 2. The van der Waals surface area contributed by atoms with Gasteiger partial charge in [0.25, 0.3) is 16.8 Å². The summed E-state index contributed by atoms with van der Waals surface area (Å²) >= 11 is 0. The summed E-state index contributed by atoms with van der Waals surface area (Å²) in [6.07, 6.45) is 5.04.